The van der Waals surface area contributed by atoms with Crippen LogP contribution >= 0.6 is 0 Å². The van der Waals surface area contributed by atoms with Gasteiger partial charge in [-0.05, 0) is 18.2 Å². The highest BCUT2D eigenvalue weighted by Gasteiger charge is 2.29. The SMILES string of the molecule is O=C(c1ccn[nH]1)N1Cc2[nH]nc(COc3cccnc3)c2C1. The number of hydrogen-bond acceptors (Lipinski definition) is 5. The highest BCUT2D eigenvalue weighted by atomic mass is 16.5. The zero-order valence-electron chi connectivity index (χ0n) is 12.2. The van der Waals surface area contributed by atoms with Crippen LogP contribution in [0.1, 0.15) is 27.4 Å². The van der Waals surface area contributed by atoms with Gasteiger partial charge in [-0.25, -0.2) is 0 Å². The van der Waals surface area contributed by atoms with E-state index in [0.717, 1.165) is 17.0 Å². The van der Waals surface area contributed by atoms with E-state index in [1.807, 2.05) is 12.1 Å². The number of nitrogens with zero attached hydrogens (tertiary/aromatic N) is 4. The smallest absolute Gasteiger partial charge is 0.272 e. The van der Waals surface area contributed by atoms with Crippen molar-refractivity contribution in [3.63, 3.8) is 0 Å². The Balaban J connectivity index is 1.46. The maximum Gasteiger partial charge on any atom is 0.272 e. The van der Waals surface area contributed by atoms with E-state index in [4.69, 9.17) is 4.74 Å². The number of carbonyl (C=O) groups excluding carboxylic acids is 1. The van der Waals surface area contributed by atoms with E-state index in [0.29, 0.717) is 31.1 Å². The van der Waals surface area contributed by atoms with E-state index in [1.54, 1.807) is 29.6 Å². The first-order valence-electron chi connectivity index (χ1n) is 7.18. The molecule has 2 N–H and O–H groups in total. The summed E-state index contributed by atoms with van der Waals surface area (Å²) in [6, 6.07) is 5.32. The Morgan fingerprint density at radius 3 is 3.00 bits per heavy atom. The summed E-state index contributed by atoms with van der Waals surface area (Å²) in [7, 11) is 0. The van der Waals surface area contributed by atoms with Crippen LogP contribution in [0.15, 0.2) is 36.8 Å². The predicted octanol–water partition coefficient (Wildman–Crippen LogP) is 1.26. The standard InChI is InChI=1S/C15H14N6O2/c22-15(12-3-5-17-18-12)21-7-11-13(8-21)19-20-14(11)9-23-10-2-1-4-16-6-10/h1-6H,7-9H2,(H,17,18)(H,19,20). The molecular weight excluding hydrogens is 296 g/mol. The fourth-order valence-corrected chi connectivity index (χ4v) is 2.59. The van der Waals surface area contributed by atoms with Crippen molar-refractivity contribution in [1.29, 1.82) is 0 Å². The van der Waals surface area contributed by atoms with Crippen molar-refractivity contribution in [1.82, 2.24) is 30.3 Å². The summed E-state index contributed by atoms with van der Waals surface area (Å²) in [4.78, 5) is 18.1. The van der Waals surface area contributed by atoms with E-state index < -0.39 is 0 Å². The Kier molecular flexibility index (Phi) is 3.26. The molecule has 4 rings (SSSR count). The number of aromatic nitrogens is 5. The van der Waals surface area contributed by atoms with Crippen molar-refractivity contribution in [3.8, 4) is 5.75 Å². The molecule has 3 aromatic rings. The number of hydrogen-bond donors (Lipinski definition) is 2. The molecule has 3 aromatic heterocycles. The van der Waals surface area contributed by atoms with Crippen LogP contribution < -0.4 is 4.74 Å². The molecule has 0 fully saturated rings. The molecule has 8 nitrogen and oxygen atoms in total. The number of ether oxygens (including phenoxy) is 1. The number of nitrogens with one attached hydrogen (secondary N) is 2. The summed E-state index contributed by atoms with van der Waals surface area (Å²) in [5, 5.41) is 13.8. The van der Waals surface area contributed by atoms with Crippen LogP contribution in [0.5, 0.6) is 5.75 Å². The van der Waals surface area contributed by atoms with Crippen LogP contribution in [0.25, 0.3) is 0 Å². The van der Waals surface area contributed by atoms with Crippen molar-refractivity contribution >= 4 is 5.91 Å². The predicted molar refractivity (Wildman–Crippen MR) is 79.3 cm³/mol. The van der Waals surface area contributed by atoms with Gasteiger partial charge in [-0.2, -0.15) is 10.2 Å². The van der Waals surface area contributed by atoms with E-state index in [-0.39, 0.29) is 5.91 Å². The largest absolute Gasteiger partial charge is 0.486 e. The van der Waals surface area contributed by atoms with Gasteiger partial charge < -0.3 is 9.64 Å². The number of rotatable bonds is 4. The van der Waals surface area contributed by atoms with Gasteiger partial charge in [-0.1, -0.05) is 0 Å². The Labute approximate surface area is 131 Å². The minimum atomic E-state index is -0.0776. The highest BCUT2D eigenvalue weighted by Crippen LogP contribution is 2.25. The fourth-order valence-electron chi connectivity index (χ4n) is 2.59. The molecule has 0 aliphatic carbocycles. The average molecular weight is 310 g/mol. The van der Waals surface area contributed by atoms with Gasteiger partial charge in [-0.3, -0.25) is 20.0 Å². The quantitative estimate of drug-likeness (QED) is 0.756. The molecule has 23 heavy (non-hydrogen) atoms. The third-order valence-corrected chi connectivity index (χ3v) is 3.76. The van der Waals surface area contributed by atoms with Crippen molar-refractivity contribution < 1.29 is 9.53 Å². The molecule has 0 radical (unpaired) electrons. The van der Waals surface area contributed by atoms with Crippen LogP contribution in [0.3, 0.4) is 0 Å². The molecule has 4 heterocycles. The molecule has 0 atom stereocenters. The lowest BCUT2D eigenvalue weighted by molar-refractivity contribution is 0.0743. The number of aromatic amines is 2. The molecule has 0 saturated heterocycles. The third kappa shape index (κ3) is 2.54. The molecule has 0 bridgehead atoms. The fraction of sp³-hybridized carbons (Fsp3) is 0.200. The zero-order valence-corrected chi connectivity index (χ0v) is 12.2. The van der Waals surface area contributed by atoms with E-state index in [1.165, 1.54) is 0 Å². The lowest BCUT2D eigenvalue weighted by Gasteiger charge is -2.14. The molecule has 1 aliphatic heterocycles. The number of amides is 1. The first-order chi connectivity index (χ1) is 11.3. The van der Waals surface area contributed by atoms with Crippen LogP contribution in [0.4, 0.5) is 0 Å². The zero-order chi connectivity index (χ0) is 15.6. The summed E-state index contributed by atoms with van der Waals surface area (Å²) < 4.78 is 5.68. The molecular formula is C15H14N6O2. The van der Waals surface area contributed by atoms with Crippen LogP contribution in [0.2, 0.25) is 0 Å². The minimum absolute atomic E-state index is 0.0776. The molecule has 116 valence electrons. The first-order valence-corrected chi connectivity index (χ1v) is 7.18. The molecule has 0 aromatic carbocycles. The van der Waals surface area contributed by atoms with Gasteiger partial charge >= 0.3 is 0 Å². The number of pyridine rings is 1. The highest BCUT2D eigenvalue weighted by molar-refractivity contribution is 5.92. The summed E-state index contributed by atoms with van der Waals surface area (Å²) in [5.74, 6) is 0.610. The van der Waals surface area contributed by atoms with Gasteiger partial charge in [0.1, 0.15) is 23.7 Å². The normalized spacial score (nSPS) is 13.1. The average Bonchev–Trinajstić information content (AvgIpc) is 3.30. The Morgan fingerprint density at radius 1 is 1.26 bits per heavy atom. The maximum absolute atomic E-state index is 12.3. The third-order valence-electron chi connectivity index (χ3n) is 3.76. The summed E-state index contributed by atoms with van der Waals surface area (Å²) in [6.45, 7) is 1.35. The monoisotopic (exact) mass is 310 g/mol. The lowest BCUT2D eigenvalue weighted by Crippen LogP contribution is -2.26. The number of carbonyl (C=O) groups is 1. The van der Waals surface area contributed by atoms with Gasteiger partial charge in [0.05, 0.1) is 25.0 Å². The van der Waals surface area contributed by atoms with E-state index in [9.17, 15) is 4.79 Å². The molecule has 0 unspecified atom stereocenters. The second-order valence-electron chi connectivity index (χ2n) is 5.24. The Bertz CT molecular complexity index is 812. The van der Waals surface area contributed by atoms with E-state index >= 15 is 0 Å². The first kappa shape index (κ1) is 13.5. The van der Waals surface area contributed by atoms with Gasteiger partial charge in [-0.15, -0.1) is 0 Å². The minimum Gasteiger partial charge on any atom is -0.486 e. The molecule has 1 aliphatic rings. The van der Waals surface area contributed by atoms with Crippen molar-refractivity contribution in [2.75, 3.05) is 0 Å². The van der Waals surface area contributed by atoms with Crippen molar-refractivity contribution in [2.24, 2.45) is 0 Å². The second-order valence-corrected chi connectivity index (χ2v) is 5.24. The Hall–Kier alpha value is -3.16. The molecule has 1 amide bonds. The second kappa shape index (κ2) is 5.56. The van der Waals surface area contributed by atoms with Crippen LogP contribution in [-0.2, 0) is 19.7 Å². The lowest BCUT2D eigenvalue weighted by atomic mass is 10.2. The van der Waals surface area contributed by atoms with Gasteiger partial charge in [0.2, 0.25) is 0 Å². The molecule has 0 saturated carbocycles. The van der Waals surface area contributed by atoms with Crippen LogP contribution in [-0.4, -0.2) is 36.2 Å². The van der Waals surface area contributed by atoms with Gasteiger partial charge in [0.15, 0.2) is 0 Å². The van der Waals surface area contributed by atoms with E-state index in [2.05, 4.69) is 25.4 Å². The number of fused-ring (bicyclic) bond motifs is 1. The van der Waals surface area contributed by atoms with Gasteiger partial charge in [0, 0.05) is 18.0 Å². The summed E-state index contributed by atoms with van der Waals surface area (Å²) in [6.07, 6.45) is 4.91. The van der Waals surface area contributed by atoms with Crippen LogP contribution in [0, 0.1) is 0 Å². The summed E-state index contributed by atoms with van der Waals surface area (Å²) in [5.41, 5.74) is 3.25. The molecule has 0 spiro atoms. The maximum atomic E-state index is 12.3. The topological polar surface area (TPSA) is 99.8 Å². The number of H-pyrrole nitrogens is 2. The van der Waals surface area contributed by atoms with Crippen molar-refractivity contribution in [3.05, 3.63) is 59.4 Å². The van der Waals surface area contributed by atoms with Gasteiger partial charge in [0.25, 0.3) is 5.91 Å². The van der Waals surface area contributed by atoms with Crippen molar-refractivity contribution in [2.45, 2.75) is 19.7 Å². The summed E-state index contributed by atoms with van der Waals surface area (Å²) >= 11 is 0. The molecule has 8 heteroatoms. The Morgan fingerprint density at radius 2 is 2.22 bits per heavy atom.